The lowest BCUT2D eigenvalue weighted by atomic mass is 10.1. The van der Waals surface area contributed by atoms with Crippen LogP contribution in [0.2, 0.25) is 0 Å². The van der Waals surface area contributed by atoms with Crippen molar-refractivity contribution in [3.8, 4) is 22.9 Å². The van der Waals surface area contributed by atoms with E-state index in [9.17, 15) is 9.18 Å². The van der Waals surface area contributed by atoms with E-state index >= 15 is 0 Å². The molecule has 1 heterocycles. The second-order valence-electron chi connectivity index (χ2n) is 8.11. The zero-order valence-electron chi connectivity index (χ0n) is 17.7. The van der Waals surface area contributed by atoms with E-state index in [2.05, 4.69) is 10.2 Å². The molecule has 1 aromatic heterocycles. The first-order valence-electron chi connectivity index (χ1n) is 10.6. The van der Waals surface area contributed by atoms with Crippen LogP contribution in [0, 0.1) is 12.7 Å². The molecule has 0 bridgehead atoms. The molecule has 0 N–H and O–H groups in total. The molecule has 0 unspecified atom stereocenters. The summed E-state index contributed by atoms with van der Waals surface area (Å²) in [6, 6.07) is 21.7. The highest BCUT2D eigenvalue weighted by Gasteiger charge is 2.33. The predicted octanol–water partition coefficient (Wildman–Crippen LogP) is 5.66. The van der Waals surface area contributed by atoms with Gasteiger partial charge in [0.05, 0.1) is 0 Å². The molecule has 6 heteroatoms. The molecular formula is C26H22FN3O2. The Balaban J connectivity index is 1.34. The predicted molar refractivity (Wildman–Crippen MR) is 119 cm³/mol. The van der Waals surface area contributed by atoms with Gasteiger partial charge >= 0.3 is 0 Å². The molecular weight excluding hydrogens is 405 g/mol. The van der Waals surface area contributed by atoms with E-state index in [1.807, 2.05) is 31.2 Å². The summed E-state index contributed by atoms with van der Waals surface area (Å²) in [7, 11) is 0. The summed E-state index contributed by atoms with van der Waals surface area (Å²) in [6.07, 6.45) is 1.89. The van der Waals surface area contributed by atoms with E-state index in [0.29, 0.717) is 22.9 Å². The van der Waals surface area contributed by atoms with Gasteiger partial charge in [-0.3, -0.25) is 4.79 Å². The van der Waals surface area contributed by atoms with Gasteiger partial charge < -0.3 is 9.32 Å². The summed E-state index contributed by atoms with van der Waals surface area (Å²) in [4.78, 5) is 14.9. The first-order chi connectivity index (χ1) is 15.6. The third-order valence-corrected chi connectivity index (χ3v) is 5.65. The number of hydrogen-bond acceptors (Lipinski definition) is 4. The van der Waals surface area contributed by atoms with Crippen LogP contribution in [0.1, 0.15) is 34.3 Å². The Morgan fingerprint density at radius 2 is 1.53 bits per heavy atom. The number of amides is 1. The zero-order chi connectivity index (χ0) is 22.1. The summed E-state index contributed by atoms with van der Waals surface area (Å²) in [6.45, 7) is 2.29. The summed E-state index contributed by atoms with van der Waals surface area (Å²) >= 11 is 0. The van der Waals surface area contributed by atoms with E-state index in [4.69, 9.17) is 4.42 Å². The maximum Gasteiger partial charge on any atom is 0.254 e. The number of carbonyl (C=O) groups excluding carboxylic acids is 1. The minimum atomic E-state index is -0.290. The fourth-order valence-corrected chi connectivity index (χ4v) is 3.64. The van der Waals surface area contributed by atoms with Gasteiger partial charge in [-0.25, -0.2) is 4.39 Å². The lowest BCUT2D eigenvalue weighted by molar-refractivity contribution is 0.0728. The highest BCUT2D eigenvalue weighted by molar-refractivity contribution is 5.95. The molecule has 1 aliphatic rings. The van der Waals surface area contributed by atoms with Crippen LogP contribution >= 0.6 is 0 Å². The van der Waals surface area contributed by atoms with E-state index < -0.39 is 0 Å². The molecule has 0 aliphatic heterocycles. The van der Waals surface area contributed by atoms with Gasteiger partial charge in [-0.1, -0.05) is 35.9 Å². The van der Waals surface area contributed by atoms with Gasteiger partial charge in [0.15, 0.2) is 0 Å². The monoisotopic (exact) mass is 427 g/mol. The van der Waals surface area contributed by atoms with Crippen molar-refractivity contribution in [1.29, 1.82) is 0 Å². The fourth-order valence-electron chi connectivity index (χ4n) is 3.64. The highest BCUT2D eigenvalue weighted by Crippen LogP contribution is 2.31. The average Bonchev–Trinajstić information content (AvgIpc) is 3.54. The van der Waals surface area contributed by atoms with E-state index in [-0.39, 0.29) is 24.3 Å². The highest BCUT2D eigenvalue weighted by atomic mass is 19.1. The number of halogens is 1. The molecule has 0 saturated heterocycles. The van der Waals surface area contributed by atoms with Crippen LogP contribution in [0.15, 0.2) is 77.2 Å². The van der Waals surface area contributed by atoms with Crippen LogP contribution in [-0.4, -0.2) is 27.0 Å². The number of aromatic nitrogens is 2. The van der Waals surface area contributed by atoms with Gasteiger partial charge in [0.1, 0.15) is 5.82 Å². The van der Waals surface area contributed by atoms with Crippen molar-refractivity contribution in [2.75, 3.05) is 0 Å². The third kappa shape index (κ3) is 4.17. The van der Waals surface area contributed by atoms with Crippen LogP contribution in [0.5, 0.6) is 0 Å². The van der Waals surface area contributed by atoms with E-state index in [1.54, 1.807) is 47.4 Å². The Bertz CT molecular complexity index is 1240. The van der Waals surface area contributed by atoms with Crippen molar-refractivity contribution in [3.05, 3.63) is 95.3 Å². The zero-order valence-corrected chi connectivity index (χ0v) is 17.7. The molecule has 3 aromatic carbocycles. The molecule has 0 spiro atoms. The maximum atomic E-state index is 14.1. The largest absolute Gasteiger partial charge is 0.416 e. The summed E-state index contributed by atoms with van der Waals surface area (Å²) in [5.74, 6) is 0.449. The fraction of sp³-hybridized carbons (Fsp3) is 0.192. The number of nitrogens with zero attached hydrogens (tertiary/aromatic N) is 3. The molecule has 4 aromatic rings. The van der Waals surface area contributed by atoms with E-state index in [0.717, 1.165) is 29.5 Å². The Morgan fingerprint density at radius 3 is 2.12 bits per heavy atom. The maximum absolute atomic E-state index is 14.1. The number of carbonyl (C=O) groups is 1. The minimum absolute atomic E-state index is 0.104. The van der Waals surface area contributed by atoms with Gasteiger partial charge in [0.25, 0.3) is 5.91 Å². The van der Waals surface area contributed by atoms with Crippen molar-refractivity contribution in [2.45, 2.75) is 32.4 Å². The average molecular weight is 427 g/mol. The standard InChI is InChI=1S/C26H22FN3O2/c1-17-6-8-18(9-7-17)24-28-29-25(32-24)19-10-12-20(13-11-19)26(31)30(22-14-15-22)16-21-4-2-3-5-23(21)27/h2-13,22H,14-16H2,1H3. The number of rotatable bonds is 6. The molecule has 0 radical (unpaired) electrons. The van der Waals surface area contributed by atoms with Crippen LogP contribution in [0.3, 0.4) is 0 Å². The Labute approximate surface area is 185 Å². The molecule has 32 heavy (non-hydrogen) atoms. The van der Waals surface area contributed by atoms with Crippen molar-refractivity contribution >= 4 is 5.91 Å². The van der Waals surface area contributed by atoms with E-state index in [1.165, 1.54) is 6.07 Å². The Hall–Kier alpha value is -3.80. The van der Waals surface area contributed by atoms with Crippen LogP contribution in [0.4, 0.5) is 4.39 Å². The lowest BCUT2D eigenvalue weighted by Gasteiger charge is -2.23. The minimum Gasteiger partial charge on any atom is -0.416 e. The molecule has 1 fully saturated rings. The second-order valence-corrected chi connectivity index (χ2v) is 8.11. The summed E-state index contributed by atoms with van der Waals surface area (Å²) < 4.78 is 19.9. The molecule has 1 aliphatic carbocycles. The normalized spacial score (nSPS) is 13.2. The van der Waals surface area contributed by atoms with Gasteiger partial charge in [-0.15, -0.1) is 10.2 Å². The van der Waals surface area contributed by atoms with Gasteiger partial charge in [-0.05, 0) is 62.2 Å². The van der Waals surface area contributed by atoms with Crippen molar-refractivity contribution < 1.29 is 13.6 Å². The van der Waals surface area contributed by atoms with Crippen molar-refractivity contribution in [1.82, 2.24) is 15.1 Å². The summed E-state index contributed by atoms with van der Waals surface area (Å²) in [5.41, 5.74) is 3.83. The molecule has 5 nitrogen and oxygen atoms in total. The van der Waals surface area contributed by atoms with Crippen molar-refractivity contribution in [2.24, 2.45) is 0 Å². The van der Waals surface area contributed by atoms with Gasteiger partial charge in [0.2, 0.25) is 11.8 Å². The molecule has 5 rings (SSSR count). The SMILES string of the molecule is Cc1ccc(-c2nnc(-c3ccc(C(=O)N(Cc4ccccc4F)C4CC4)cc3)o2)cc1. The molecule has 1 saturated carbocycles. The first kappa shape index (κ1) is 20.1. The first-order valence-corrected chi connectivity index (χ1v) is 10.6. The quantitative estimate of drug-likeness (QED) is 0.399. The van der Waals surface area contributed by atoms with Crippen LogP contribution in [0.25, 0.3) is 22.9 Å². The third-order valence-electron chi connectivity index (χ3n) is 5.65. The Morgan fingerprint density at radius 1 is 0.938 bits per heavy atom. The molecule has 160 valence electrons. The second kappa shape index (κ2) is 8.38. The number of benzene rings is 3. The molecule has 1 amide bonds. The smallest absolute Gasteiger partial charge is 0.254 e. The van der Waals surface area contributed by atoms with Gasteiger partial charge in [0, 0.05) is 34.8 Å². The lowest BCUT2D eigenvalue weighted by Crippen LogP contribution is -2.32. The molecule has 0 atom stereocenters. The number of aryl methyl sites for hydroxylation is 1. The van der Waals surface area contributed by atoms with Crippen LogP contribution in [-0.2, 0) is 6.54 Å². The Kier molecular flexibility index (Phi) is 5.27. The number of hydrogen-bond donors (Lipinski definition) is 0. The summed E-state index contributed by atoms with van der Waals surface area (Å²) in [5, 5.41) is 8.28. The van der Waals surface area contributed by atoms with Crippen molar-refractivity contribution in [3.63, 3.8) is 0 Å². The van der Waals surface area contributed by atoms with Crippen LogP contribution < -0.4 is 0 Å². The topological polar surface area (TPSA) is 59.2 Å². The van der Waals surface area contributed by atoms with Gasteiger partial charge in [-0.2, -0.15) is 0 Å².